The topological polar surface area (TPSA) is 63.2 Å². The second-order valence-corrected chi connectivity index (χ2v) is 17.1. The van der Waals surface area contributed by atoms with Gasteiger partial charge in [0, 0.05) is 33.1 Å². The van der Waals surface area contributed by atoms with Crippen LogP contribution >= 0.6 is 0 Å². The summed E-state index contributed by atoms with van der Waals surface area (Å²) in [7, 11) is -1.07. The van der Waals surface area contributed by atoms with E-state index in [0.29, 0.717) is 26.6 Å². The molecule has 1 heterocycles. The van der Waals surface area contributed by atoms with Crippen LogP contribution in [0.3, 0.4) is 0 Å². The normalized spacial score (nSPS) is 22.5. The Balaban J connectivity index is 1.94. The van der Waals surface area contributed by atoms with E-state index in [2.05, 4.69) is 57.8 Å². The van der Waals surface area contributed by atoms with E-state index in [-0.39, 0.29) is 30.2 Å². The summed E-state index contributed by atoms with van der Waals surface area (Å²) in [6.07, 6.45) is 14.9. The number of rotatable bonds is 17. The number of allylic oxidation sites excluding steroid dienone is 4. The molecule has 7 heteroatoms. The van der Waals surface area contributed by atoms with Crippen LogP contribution in [-0.4, -0.2) is 59.0 Å². The third kappa shape index (κ3) is 14.9. The molecule has 0 saturated carbocycles. The van der Waals surface area contributed by atoms with E-state index >= 15 is 0 Å². The molecule has 6 nitrogen and oxygen atoms in total. The Labute approximate surface area is 243 Å². The van der Waals surface area contributed by atoms with Crippen molar-refractivity contribution in [2.24, 2.45) is 5.92 Å². The van der Waals surface area contributed by atoms with Crippen LogP contribution in [0.2, 0.25) is 25.7 Å². The fourth-order valence-corrected chi connectivity index (χ4v) is 4.98. The fraction of sp³-hybridized carbons (Fsp3) is 0.545. The van der Waals surface area contributed by atoms with Crippen molar-refractivity contribution in [1.29, 1.82) is 0 Å². The Morgan fingerprint density at radius 2 is 1.85 bits per heavy atom. The SMILES string of the molecule is CCOC(=O)/C=C/C=C/C[C@H]1C[C@H](OCc2ccccc2)[C@@H](C)[C@@H](/C=C(C)\C=C\COCOCC[Si](C)(C)C)O1. The van der Waals surface area contributed by atoms with E-state index in [1.165, 1.54) is 6.08 Å². The lowest BCUT2D eigenvalue weighted by atomic mass is 9.88. The first-order valence-corrected chi connectivity index (χ1v) is 18.2. The van der Waals surface area contributed by atoms with Crippen LogP contribution < -0.4 is 0 Å². The van der Waals surface area contributed by atoms with Gasteiger partial charge in [-0.1, -0.05) is 98.9 Å². The lowest BCUT2D eigenvalue weighted by Gasteiger charge is -2.39. The molecule has 0 amide bonds. The number of esters is 1. The minimum absolute atomic E-state index is 0.0129. The Hall–Kier alpha value is -2.29. The average Bonchev–Trinajstić information content (AvgIpc) is 2.91. The molecule has 1 fully saturated rings. The molecule has 1 aliphatic rings. The van der Waals surface area contributed by atoms with Gasteiger partial charge in [0.1, 0.15) is 6.79 Å². The maximum Gasteiger partial charge on any atom is 0.330 e. The molecule has 0 aliphatic carbocycles. The summed E-state index contributed by atoms with van der Waals surface area (Å²) in [5.41, 5.74) is 2.29. The van der Waals surface area contributed by atoms with Gasteiger partial charge in [-0.25, -0.2) is 4.79 Å². The first-order chi connectivity index (χ1) is 19.2. The van der Waals surface area contributed by atoms with Crippen molar-refractivity contribution in [3.63, 3.8) is 0 Å². The minimum atomic E-state index is -1.07. The quantitative estimate of drug-likeness (QED) is 0.0490. The van der Waals surface area contributed by atoms with Gasteiger partial charge >= 0.3 is 5.97 Å². The molecule has 0 unspecified atom stereocenters. The first kappa shape index (κ1) is 33.9. The highest BCUT2D eigenvalue weighted by molar-refractivity contribution is 6.76. The van der Waals surface area contributed by atoms with Crippen LogP contribution in [0.15, 0.2) is 78.4 Å². The lowest BCUT2D eigenvalue weighted by Crippen LogP contribution is -2.43. The molecule has 2 rings (SSSR count). The predicted molar refractivity (Wildman–Crippen MR) is 165 cm³/mol. The largest absolute Gasteiger partial charge is 0.463 e. The molecule has 222 valence electrons. The van der Waals surface area contributed by atoms with Gasteiger partial charge in [-0.3, -0.25) is 0 Å². The van der Waals surface area contributed by atoms with Gasteiger partial charge in [-0.05, 0) is 31.9 Å². The molecular formula is C33H50O6Si. The number of ether oxygens (including phenoxy) is 5. The van der Waals surface area contributed by atoms with Crippen molar-refractivity contribution < 1.29 is 28.5 Å². The maximum atomic E-state index is 11.5. The highest BCUT2D eigenvalue weighted by Crippen LogP contribution is 2.31. The Morgan fingerprint density at radius 1 is 1.07 bits per heavy atom. The summed E-state index contributed by atoms with van der Waals surface area (Å²) in [5, 5.41) is 0. The monoisotopic (exact) mass is 570 g/mol. The summed E-state index contributed by atoms with van der Waals surface area (Å²) >= 11 is 0. The average molecular weight is 571 g/mol. The highest BCUT2D eigenvalue weighted by Gasteiger charge is 2.35. The third-order valence-corrected chi connectivity index (χ3v) is 8.31. The first-order valence-electron chi connectivity index (χ1n) is 14.5. The molecule has 1 aromatic carbocycles. The van der Waals surface area contributed by atoms with Gasteiger partial charge in [-0.15, -0.1) is 0 Å². The zero-order valence-electron chi connectivity index (χ0n) is 25.3. The molecule has 1 saturated heterocycles. The van der Waals surface area contributed by atoms with Crippen molar-refractivity contribution in [2.75, 3.05) is 26.6 Å². The summed E-state index contributed by atoms with van der Waals surface area (Å²) in [5.74, 6) is -0.134. The van der Waals surface area contributed by atoms with Crippen LogP contribution in [0, 0.1) is 5.92 Å². The van der Waals surface area contributed by atoms with E-state index in [0.717, 1.165) is 36.6 Å². The molecule has 0 bridgehead atoms. The number of hydrogen-bond acceptors (Lipinski definition) is 6. The van der Waals surface area contributed by atoms with E-state index in [1.54, 1.807) is 13.0 Å². The van der Waals surface area contributed by atoms with E-state index < -0.39 is 8.07 Å². The Kier molecular flexibility index (Phi) is 16.1. The number of carbonyl (C=O) groups excluding carboxylic acids is 1. The van der Waals surface area contributed by atoms with Crippen LogP contribution in [0.4, 0.5) is 0 Å². The molecule has 4 atom stereocenters. The summed E-state index contributed by atoms with van der Waals surface area (Å²) in [6, 6.07) is 11.4. The van der Waals surface area contributed by atoms with Crippen molar-refractivity contribution in [1.82, 2.24) is 0 Å². The van der Waals surface area contributed by atoms with Crippen molar-refractivity contribution >= 4 is 14.0 Å². The van der Waals surface area contributed by atoms with Crippen LogP contribution in [0.5, 0.6) is 0 Å². The van der Waals surface area contributed by atoms with E-state index in [9.17, 15) is 4.79 Å². The van der Waals surface area contributed by atoms with Gasteiger partial charge in [0.25, 0.3) is 0 Å². The standard InChI is InChI=1S/C33H50O6Si/c1-7-37-33(34)19-13-9-12-18-30-24-31(38-25-29-16-10-8-11-17-29)28(3)32(39-30)23-27(2)15-14-20-35-26-36-21-22-40(4,5)6/h8-17,19,23,28,30-32H,7,18,20-22,24-26H2,1-6H3/b12-9+,15-14+,19-13+,27-23-/t28-,30+,31+,32-/m1/s1. The molecule has 1 aromatic rings. The Bertz CT molecular complexity index is 963. The summed E-state index contributed by atoms with van der Waals surface area (Å²) in [6.45, 7) is 15.6. The van der Waals surface area contributed by atoms with Gasteiger partial charge in [0.2, 0.25) is 0 Å². The van der Waals surface area contributed by atoms with Gasteiger partial charge in [0.15, 0.2) is 0 Å². The molecule has 0 spiro atoms. The molecule has 1 aliphatic heterocycles. The fourth-order valence-electron chi connectivity index (χ4n) is 4.22. The lowest BCUT2D eigenvalue weighted by molar-refractivity contribution is -0.137. The molecule has 0 N–H and O–H groups in total. The van der Waals surface area contributed by atoms with Crippen molar-refractivity contribution in [2.45, 2.75) is 84.2 Å². The summed E-state index contributed by atoms with van der Waals surface area (Å²) in [4.78, 5) is 11.5. The number of hydrogen-bond donors (Lipinski definition) is 0. The van der Waals surface area contributed by atoms with Crippen molar-refractivity contribution in [3.05, 3.63) is 84.0 Å². The van der Waals surface area contributed by atoms with E-state index in [4.69, 9.17) is 23.7 Å². The molecule has 40 heavy (non-hydrogen) atoms. The highest BCUT2D eigenvalue weighted by atomic mass is 28.3. The summed E-state index contributed by atoms with van der Waals surface area (Å²) < 4.78 is 29.0. The van der Waals surface area contributed by atoms with Gasteiger partial charge < -0.3 is 23.7 Å². The van der Waals surface area contributed by atoms with Crippen LogP contribution in [0.25, 0.3) is 0 Å². The molecule has 0 radical (unpaired) electrons. The third-order valence-electron chi connectivity index (χ3n) is 6.61. The second kappa shape index (κ2) is 18.9. The zero-order chi connectivity index (χ0) is 29.2. The number of carbonyl (C=O) groups is 1. The van der Waals surface area contributed by atoms with Gasteiger partial charge in [-0.2, -0.15) is 0 Å². The van der Waals surface area contributed by atoms with Gasteiger partial charge in [0.05, 0.1) is 38.1 Å². The minimum Gasteiger partial charge on any atom is -0.463 e. The van der Waals surface area contributed by atoms with Crippen LogP contribution in [-0.2, 0) is 35.1 Å². The maximum absolute atomic E-state index is 11.5. The van der Waals surface area contributed by atoms with Crippen molar-refractivity contribution in [3.8, 4) is 0 Å². The molecular weight excluding hydrogens is 520 g/mol. The number of benzene rings is 1. The zero-order valence-corrected chi connectivity index (χ0v) is 26.3. The van der Waals surface area contributed by atoms with E-state index in [1.807, 2.05) is 36.4 Å². The van der Waals surface area contributed by atoms with Crippen LogP contribution in [0.1, 0.15) is 39.2 Å². The Morgan fingerprint density at radius 3 is 2.58 bits per heavy atom. The molecule has 0 aromatic heterocycles. The second-order valence-electron chi connectivity index (χ2n) is 11.4. The predicted octanol–water partition coefficient (Wildman–Crippen LogP) is 7.26. The smallest absolute Gasteiger partial charge is 0.330 e.